The van der Waals surface area contributed by atoms with Crippen LogP contribution < -0.4 is 5.32 Å². The fraction of sp³-hybridized carbons (Fsp3) is 0.467. The largest absolute Gasteiger partial charge is 0.443 e. The second kappa shape index (κ2) is 8.52. The first-order chi connectivity index (χ1) is 10.4. The highest BCUT2D eigenvalue weighted by molar-refractivity contribution is 14.0. The maximum absolute atomic E-state index is 5.52. The predicted molar refractivity (Wildman–Crippen MR) is 101 cm³/mol. The minimum Gasteiger partial charge on any atom is -0.443 e. The number of oxazole rings is 1. The summed E-state index contributed by atoms with van der Waals surface area (Å²) in [5.74, 6) is 1.66. The number of aromatic nitrogens is 1. The molecule has 22 heavy (non-hydrogen) atoms. The lowest BCUT2D eigenvalue weighted by Crippen LogP contribution is -2.39. The van der Waals surface area contributed by atoms with Crippen LogP contribution in [0, 0.1) is 0 Å². The Balaban J connectivity index is 0.00000176. The number of likely N-dealkylation sites (tertiary alicyclic amines) is 1. The Morgan fingerprint density at radius 3 is 2.95 bits per heavy atom. The van der Waals surface area contributed by atoms with Crippen molar-refractivity contribution < 1.29 is 4.42 Å². The Morgan fingerprint density at radius 1 is 1.45 bits per heavy atom. The van der Waals surface area contributed by atoms with Crippen molar-refractivity contribution in [3.05, 3.63) is 29.5 Å². The van der Waals surface area contributed by atoms with Gasteiger partial charge in [-0.25, -0.2) is 9.98 Å². The summed E-state index contributed by atoms with van der Waals surface area (Å²) in [6.07, 6.45) is 4.19. The molecule has 0 saturated carbocycles. The molecule has 0 unspecified atom stereocenters. The van der Waals surface area contributed by atoms with Crippen molar-refractivity contribution in [2.45, 2.75) is 26.3 Å². The van der Waals surface area contributed by atoms with Crippen molar-refractivity contribution in [2.75, 3.05) is 19.6 Å². The molecule has 0 amide bonds. The molecule has 1 N–H and O–H groups in total. The molecule has 0 aromatic carbocycles. The van der Waals surface area contributed by atoms with Crippen molar-refractivity contribution >= 4 is 41.3 Å². The standard InChI is InChI=1S/C15H20N4OS.HI/c1-2-16-15(19-7-3-4-8-19)17-10-12-11-20-14(18-12)13-6-5-9-21-13;/h5-6,9,11H,2-4,7-8,10H2,1H3,(H,16,17);1H. The van der Waals surface area contributed by atoms with Crippen LogP contribution in [-0.4, -0.2) is 35.5 Å². The van der Waals surface area contributed by atoms with Crippen LogP contribution in [0.1, 0.15) is 25.5 Å². The molecule has 0 bridgehead atoms. The van der Waals surface area contributed by atoms with E-state index >= 15 is 0 Å². The van der Waals surface area contributed by atoms with Crippen LogP contribution in [0.5, 0.6) is 0 Å². The van der Waals surface area contributed by atoms with E-state index < -0.39 is 0 Å². The zero-order chi connectivity index (χ0) is 14.5. The van der Waals surface area contributed by atoms with Gasteiger partial charge in [-0.3, -0.25) is 0 Å². The van der Waals surface area contributed by atoms with E-state index in [1.54, 1.807) is 17.6 Å². The van der Waals surface area contributed by atoms with Crippen LogP contribution in [-0.2, 0) is 6.54 Å². The number of nitrogens with one attached hydrogen (secondary N) is 1. The monoisotopic (exact) mass is 432 g/mol. The van der Waals surface area contributed by atoms with Gasteiger partial charge >= 0.3 is 0 Å². The van der Waals surface area contributed by atoms with Gasteiger partial charge in [-0.1, -0.05) is 6.07 Å². The van der Waals surface area contributed by atoms with Crippen LogP contribution in [0.25, 0.3) is 10.8 Å². The SMILES string of the molecule is CCNC(=NCc1coc(-c2cccs2)n1)N1CCCC1.I. The second-order valence-corrected chi connectivity index (χ2v) is 5.93. The number of halogens is 1. The van der Waals surface area contributed by atoms with Crippen molar-refractivity contribution in [3.8, 4) is 10.8 Å². The predicted octanol–water partition coefficient (Wildman–Crippen LogP) is 3.58. The zero-order valence-corrected chi connectivity index (χ0v) is 15.8. The van der Waals surface area contributed by atoms with E-state index in [2.05, 4.69) is 27.1 Å². The molecule has 1 aliphatic heterocycles. The number of guanidine groups is 1. The third kappa shape index (κ3) is 4.22. The molecule has 1 saturated heterocycles. The molecule has 1 aliphatic rings. The van der Waals surface area contributed by atoms with E-state index in [1.165, 1.54) is 12.8 Å². The lowest BCUT2D eigenvalue weighted by atomic mass is 10.4. The van der Waals surface area contributed by atoms with Crippen molar-refractivity contribution in [1.29, 1.82) is 0 Å². The average molecular weight is 432 g/mol. The summed E-state index contributed by atoms with van der Waals surface area (Å²) in [6.45, 7) is 5.70. The first kappa shape index (κ1) is 17.3. The average Bonchev–Trinajstić information content (AvgIpc) is 3.25. The molecule has 0 atom stereocenters. The van der Waals surface area contributed by atoms with E-state index in [9.17, 15) is 0 Å². The van der Waals surface area contributed by atoms with Crippen LogP contribution in [0.15, 0.2) is 33.2 Å². The summed E-state index contributed by atoms with van der Waals surface area (Å²) in [6, 6.07) is 4.01. The lowest BCUT2D eigenvalue weighted by molar-refractivity contribution is 0.493. The van der Waals surface area contributed by atoms with E-state index in [4.69, 9.17) is 4.42 Å². The minimum atomic E-state index is 0. The van der Waals surface area contributed by atoms with Crippen molar-refractivity contribution in [3.63, 3.8) is 0 Å². The number of hydrogen-bond donors (Lipinski definition) is 1. The van der Waals surface area contributed by atoms with Crippen LogP contribution in [0.3, 0.4) is 0 Å². The van der Waals surface area contributed by atoms with Gasteiger partial charge in [-0.2, -0.15) is 0 Å². The van der Waals surface area contributed by atoms with Crippen LogP contribution in [0.4, 0.5) is 0 Å². The van der Waals surface area contributed by atoms with Gasteiger partial charge in [0.05, 0.1) is 11.4 Å². The highest BCUT2D eigenvalue weighted by atomic mass is 127. The van der Waals surface area contributed by atoms with Gasteiger partial charge in [0.15, 0.2) is 5.96 Å². The van der Waals surface area contributed by atoms with Crippen molar-refractivity contribution in [2.24, 2.45) is 4.99 Å². The molecule has 2 aromatic rings. The Morgan fingerprint density at radius 2 is 2.27 bits per heavy atom. The fourth-order valence-electron chi connectivity index (χ4n) is 2.40. The van der Waals surface area contributed by atoms with Gasteiger partial charge in [0, 0.05) is 19.6 Å². The van der Waals surface area contributed by atoms with E-state index in [0.29, 0.717) is 12.4 Å². The van der Waals surface area contributed by atoms with Gasteiger partial charge in [0.2, 0.25) is 5.89 Å². The normalized spacial score (nSPS) is 15.0. The summed E-state index contributed by atoms with van der Waals surface area (Å²) in [5, 5.41) is 5.37. The summed E-state index contributed by atoms with van der Waals surface area (Å²) >= 11 is 1.63. The Bertz CT molecular complexity index is 590. The molecular weight excluding hydrogens is 411 g/mol. The first-order valence-corrected chi connectivity index (χ1v) is 8.26. The Hall–Kier alpha value is -1.09. The molecule has 5 nitrogen and oxygen atoms in total. The Kier molecular flexibility index (Phi) is 6.69. The molecular formula is C15H21IN4OS. The minimum absolute atomic E-state index is 0. The van der Waals surface area contributed by atoms with Gasteiger partial charge < -0.3 is 14.6 Å². The van der Waals surface area contributed by atoms with E-state index in [0.717, 1.165) is 36.2 Å². The molecule has 0 aliphatic carbocycles. The summed E-state index contributed by atoms with van der Waals surface area (Å²) in [4.78, 5) is 12.5. The van der Waals surface area contributed by atoms with Crippen LogP contribution in [0.2, 0.25) is 0 Å². The highest BCUT2D eigenvalue weighted by Crippen LogP contribution is 2.23. The molecule has 7 heteroatoms. The third-order valence-electron chi connectivity index (χ3n) is 3.42. The molecule has 3 rings (SSSR count). The number of thiophene rings is 1. The quantitative estimate of drug-likeness (QED) is 0.456. The first-order valence-electron chi connectivity index (χ1n) is 7.38. The smallest absolute Gasteiger partial charge is 0.236 e. The molecule has 0 radical (unpaired) electrons. The maximum Gasteiger partial charge on any atom is 0.236 e. The molecule has 120 valence electrons. The third-order valence-corrected chi connectivity index (χ3v) is 4.27. The van der Waals surface area contributed by atoms with Crippen LogP contribution >= 0.6 is 35.3 Å². The van der Waals surface area contributed by atoms with E-state index in [1.807, 2.05) is 17.5 Å². The number of nitrogens with zero attached hydrogens (tertiary/aromatic N) is 3. The number of aliphatic imine (C=N–C) groups is 1. The molecule has 3 heterocycles. The highest BCUT2D eigenvalue weighted by Gasteiger charge is 2.15. The topological polar surface area (TPSA) is 53.7 Å². The van der Waals surface area contributed by atoms with Gasteiger partial charge in [0.25, 0.3) is 0 Å². The maximum atomic E-state index is 5.52. The Labute approximate surface area is 151 Å². The fourth-order valence-corrected chi connectivity index (χ4v) is 3.06. The number of rotatable bonds is 4. The summed E-state index contributed by atoms with van der Waals surface area (Å²) in [5.41, 5.74) is 0.869. The number of hydrogen-bond acceptors (Lipinski definition) is 4. The van der Waals surface area contributed by atoms with Crippen molar-refractivity contribution in [1.82, 2.24) is 15.2 Å². The molecule has 1 fully saturated rings. The summed E-state index contributed by atoms with van der Waals surface area (Å²) < 4.78 is 5.52. The second-order valence-electron chi connectivity index (χ2n) is 4.99. The molecule has 2 aromatic heterocycles. The zero-order valence-electron chi connectivity index (χ0n) is 12.6. The van der Waals surface area contributed by atoms with Gasteiger partial charge in [-0.05, 0) is 31.2 Å². The van der Waals surface area contributed by atoms with Gasteiger partial charge in [-0.15, -0.1) is 35.3 Å². The van der Waals surface area contributed by atoms with Gasteiger partial charge in [0.1, 0.15) is 12.0 Å². The molecule has 0 spiro atoms. The summed E-state index contributed by atoms with van der Waals surface area (Å²) in [7, 11) is 0. The lowest BCUT2D eigenvalue weighted by Gasteiger charge is -2.20. The van der Waals surface area contributed by atoms with E-state index in [-0.39, 0.29) is 24.0 Å².